The molecule has 2 aromatic rings. The van der Waals surface area contributed by atoms with E-state index in [4.69, 9.17) is 9.47 Å². The van der Waals surface area contributed by atoms with Gasteiger partial charge in [0.1, 0.15) is 11.3 Å². The number of aromatic amines is 1. The number of carbonyl (C=O) groups is 3. The Bertz CT molecular complexity index is 880. The summed E-state index contributed by atoms with van der Waals surface area (Å²) in [4.78, 5) is 39.6. The minimum atomic E-state index is -1.11. The van der Waals surface area contributed by atoms with E-state index < -0.39 is 23.8 Å². The van der Waals surface area contributed by atoms with E-state index >= 15 is 0 Å². The van der Waals surface area contributed by atoms with Gasteiger partial charge < -0.3 is 19.6 Å². The molecule has 0 amide bonds. The van der Waals surface area contributed by atoms with Gasteiger partial charge in [-0.1, -0.05) is 12.1 Å². The van der Waals surface area contributed by atoms with E-state index in [0.29, 0.717) is 16.8 Å². The first-order valence-corrected chi connectivity index (χ1v) is 8.00. The van der Waals surface area contributed by atoms with Crippen LogP contribution >= 0.6 is 0 Å². The summed E-state index contributed by atoms with van der Waals surface area (Å²) in [5, 5.41) is 9.97. The Morgan fingerprint density at radius 2 is 1.77 bits per heavy atom. The molecule has 26 heavy (non-hydrogen) atoms. The van der Waals surface area contributed by atoms with Gasteiger partial charge in [-0.2, -0.15) is 0 Å². The Morgan fingerprint density at radius 3 is 2.38 bits per heavy atom. The highest BCUT2D eigenvalue weighted by molar-refractivity contribution is 6.04. The Kier molecular flexibility index (Phi) is 5.50. The van der Waals surface area contributed by atoms with Crippen molar-refractivity contribution in [2.24, 2.45) is 0 Å². The molecule has 1 aromatic heterocycles. The SMILES string of the molecule is COC(=O)c1c(C)[nH]c(C(=O)[C@@H](C)OC(=O)c2cccc(C)c2O)c1C. The van der Waals surface area contributed by atoms with Crippen molar-refractivity contribution in [2.75, 3.05) is 7.11 Å². The molecule has 2 N–H and O–H groups in total. The predicted molar refractivity (Wildman–Crippen MR) is 93.7 cm³/mol. The molecule has 0 unspecified atom stereocenters. The Hall–Kier alpha value is -3.09. The molecule has 0 aliphatic heterocycles. The molecule has 0 radical (unpaired) electrons. The minimum Gasteiger partial charge on any atom is -0.507 e. The second-order valence-corrected chi connectivity index (χ2v) is 6.00. The first-order valence-electron chi connectivity index (χ1n) is 8.00. The van der Waals surface area contributed by atoms with Gasteiger partial charge in [-0.3, -0.25) is 4.79 Å². The first-order chi connectivity index (χ1) is 12.2. The predicted octanol–water partition coefficient (Wildman–Crippen LogP) is 2.86. The molecule has 0 saturated heterocycles. The molecule has 0 bridgehead atoms. The summed E-state index contributed by atoms with van der Waals surface area (Å²) in [5.41, 5.74) is 1.90. The fraction of sp³-hybridized carbons (Fsp3) is 0.316. The molecule has 0 spiro atoms. The molecule has 7 heteroatoms. The number of H-pyrrole nitrogens is 1. The van der Waals surface area contributed by atoms with Gasteiger partial charge in [-0.15, -0.1) is 0 Å². The van der Waals surface area contributed by atoms with Crippen LogP contribution < -0.4 is 0 Å². The molecule has 7 nitrogen and oxygen atoms in total. The number of rotatable bonds is 5. The van der Waals surface area contributed by atoms with Crippen molar-refractivity contribution in [3.8, 4) is 5.75 Å². The van der Waals surface area contributed by atoms with Gasteiger partial charge in [0.05, 0.1) is 18.4 Å². The van der Waals surface area contributed by atoms with Crippen molar-refractivity contribution in [1.29, 1.82) is 0 Å². The van der Waals surface area contributed by atoms with Gasteiger partial charge in [0.15, 0.2) is 6.10 Å². The third kappa shape index (κ3) is 3.46. The molecular weight excluding hydrogens is 338 g/mol. The first kappa shape index (κ1) is 19.2. The van der Waals surface area contributed by atoms with Crippen LogP contribution in [0.15, 0.2) is 18.2 Å². The topological polar surface area (TPSA) is 106 Å². The lowest BCUT2D eigenvalue weighted by molar-refractivity contribution is 0.0314. The molecule has 0 aliphatic carbocycles. The number of aromatic nitrogens is 1. The molecule has 0 aliphatic rings. The zero-order chi connectivity index (χ0) is 19.6. The van der Waals surface area contributed by atoms with Gasteiger partial charge in [0.25, 0.3) is 0 Å². The number of benzene rings is 1. The summed E-state index contributed by atoms with van der Waals surface area (Å²) in [6, 6.07) is 4.68. The van der Waals surface area contributed by atoms with E-state index in [1.165, 1.54) is 20.1 Å². The highest BCUT2D eigenvalue weighted by Gasteiger charge is 2.28. The van der Waals surface area contributed by atoms with Gasteiger partial charge in [0.2, 0.25) is 5.78 Å². The van der Waals surface area contributed by atoms with Crippen LogP contribution in [-0.4, -0.2) is 41.0 Å². The number of carbonyl (C=O) groups excluding carboxylic acids is 3. The molecule has 0 saturated carbocycles. The fourth-order valence-corrected chi connectivity index (χ4v) is 2.71. The maximum Gasteiger partial charge on any atom is 0.342 e. The van der Waals surface area contributed by atoms with Crippen LogP contribution in [0.5, 0.6) is 5.75 Å². The Morgan fingerprint density at radius 1 is 1.12 bits per heavy atom. The summed E-state index contributed by atoms with van der Waals surface area (Å²) in [7, 11) is 1.26. The van der Waals surface area contributed by atoms with Gasteiger partial charge in [0, 0.05) is 5.69 Å². The summed E-state index contributed by atoms with van der Waals surface area (Å²) in [6.45, 7) is 6.35. The summed E-state index contributed by atoms with van der Waals surface area (Å²) in [5.74, 6) is -2.02. The lowest BCUT2D eigenvalue weighted by Gasteiger charge is -2.13. The molecule has 1 atom stereocenters. The number of Topliss-reactive ketones (excluding diaryl/α,β-unsaturated/α-hetero) is 1. The molecule has 0 fully saturated rings. The van der Waals surface area contributed by atoms with Crippen LogP contribution in [0.25, 0.3) is 0 Å². The fourth-order valence-electron chi connectivity index (χ4n) is 2.71. The lowest BCUT2D eigenvalue weighted by atomic mass is 10.1. The third-order valence-electron chi connectivity index (χ3n) is 4.18. The number of ketones is 1. The molecule has 2 rings (SSSR count). The second kappa shape index (κ2) is 7.43. The van der Waals surface area contributed by atoms with Crippen LogP contribution in [0.1, 0.15) is 54.9 Å². The average molecular weight is 359 g/mol. The number of nitrogens with one attached hydrogen (secondary N) is 1. The van der Waals surface area contributed by atoms with Gasteiger partial charge >= 0.3 is 11.9 Å². The van der Waals surface area contributed by atoms with E-state index in [1.807, 2.05) is 0 Å². The summed E-state index contributed by atoms with van der Waals surface area (Å²) < 4.78 is 9.91. The number of hydrogen-bond donors (Lipinski definition) is 2. The van der Waals surface area contributed by atoms with Crippen molar-refractivity contribution in [3.63, 3.8) is 0 Å². The van der Waals surface area contributed by atoms with E-state index in [-0.39, 0.29) is 22.6 Å². The van der Waals surface area contributed by atoms with Gasteiger partial charge in [-0.25, -0.2) is 9.59 Å². The van der Waals surface area contributed by atoms with E-state index in [9.17, 15) is 19.5 Å². The quantitative estimate of drug-likeness (QED) is 0.628. The molecule has 1 heterocycles. The van der Waals surface area contributed by atoms with Crippen LogP contribution in [0.3, 0.4) is 0 Å². The van der Waals surface area contributed by atoms with E-state index in [0.717, 1.165) is 0 Å². The Labute approximate surface area is 150 Å². The molecule has 138 valence electrons. The van der Waals surface area contributed by atoms with Crippen molar-refractivity contribution in [1.82, 2.24) is 4.98 Å². The smallest absolute Gasteiger partial charge is 0.342 e. The van der Waals surface area contributed by atoms with Crippen molar-refractivity contribution >= 4 is 17.7 Å². The van der Waals surface area contributed by atoms with Crippen LogP contribution in [-0.2, 0) is 9.47 Å². The number of methoxy groups -OCH3 is 1. The van der Waals surface area contributed by atoms with Crippen molar-refractivity contribution < 1.29 is 29.0 Å². The van der Waals surface area contributed by atoms with Crippen LogP contribution in [0.4, 0.5) is 0 Å². The third-order valence-corrected chi connectivity index (χ3v) is 4.18. The van der Waals surface area contributed by atoms with Gasteiger partial charge in [-0.05, 0) is 44.9 Å². The normalized spacial score (nSPS) is 11.7. The number of aryl methyl sites for hydroxylation is 2. The summed E-state index contributed by atoms with van der Waals surface area (Å²) in [6.07, 6.45) is -1.11. The number of ether oxygens (including phenoxy) is 2. The maximum absolute atomic E-state index is 12.6. The van der Waals surface area contributed by atoms with Crippen molar-refractivity contribution in [2.45, 2.75) is 33.8 Å². The maximum atomic E-state index is 12.6. The highest BCUT2D eigenvalue weighted by Crippen LogP contribution is 2.24. The number of para-hydroxylation sites is 1. The molecule has 1 aromatic carbocycles. The Balaban J connectivity index is 2.24. The monoisotopic (exact) mass is 359 g/mol. The largest absolute Gasteiger partial charge is 0.507 e. The second-order valence-electron chi connectivity index (χ2n) is 6.00. The van der Waals surface area contributed by atoms with Crippen LogP contribution in [0, 0.1) is 20.8 Å². The number of esters is 2. The minimum absolute atomic E-state index is 0.0145. The number of hydrogen-bond acceptors (Lipinski definition) is 6. The zero-order valence-corrected chi connectivity index (χ0v) is 15.3. The van der Waals surface area contributed by atoms with Crippen LogP contribution in [0.2, 0.25) is 0 Å². The average Bonchev–Trinajstić information content (AvgIpc) is 2.90. The lowest BCUT2D eigenvalue weighted by Crippen LogP contribution is -2.25. The standard InChI is InChI=1S/C19H21NO6/c1-9-7-6-8-13(16(9)21)18(23)26-12(4)17(22)15-10(2)14(11(3)20-15)19(24)25-5/h6-8,12,20-21H,1-5H3/t12-/m1/s1. The number of phenolic OH excluding ortho intramolecular Hbond substituents is 1. The summed E-state index contributed by atoms with van der Waals surface area (Å²) >= 11 is 0. The molecular formula is C19H21NO6. The number of phenols is 1. The highest BCUT2D eigenvalue weighted by atomic mass is 16.5. The zero-order valence-electron chi connectivity index (χ0n) is 15.3. The van der Waals surface area contributed by atoms with E-state index in [1.54, 1.807) is 32.9 Å². The van der Waals surface area contributed by atoms with Crippen molar-refractivity contribution in [3.05, 3.63) is 51.8 Å². The number of aromatic hydroxyl groups is 1. The van der Waals surface area contributed by atoms with E-state index in [2.05, 4.69) is 4.98 Å².